The number of fused-ring (bicyclic) bond motifs is 3. The van der Waals surface area contributed by atoms with Gasteiger partial charge in [0.2, 0.25) is 5.91 Å². The van der Waals surface area contributed by atoms with Crippen molar-refractivity contribution in [3.63, 3.8) is 0 Å². The van der Waals surface area contributed by atoms with Crippen molar-refractivity contribution in [3.05, 3.63) is 27.8 Å². The number of halogens is 1. The van der Waals surface area contributed by atoms with Crippen LogP contribution in [0.3, 0.4) is 0 Å². The summed E-state index contributed by atoms with van der Waals surface area (Å²) >= 11 is 6.98. The molecule has 4 N–H and O–H groups in total. The number of phenols is 1. The van der Waals surface area contributed by atoms with Crippen LogP contribution >= 0.6 is 11.6 Å². The third-order valence-electron chi connectivity index (χ3n) is 9.51. The summed E-state index contributed by atoms with van der Waals surface area (Å²) in [5.74, 6) is -10.6. The van der Waals surface area contributed by atoms with Crippen molar-refractivity contribution < 1.29 is 34.2 Å². The molecule has 216 valence electrons. The van der Waals surface area contributed by atoms with Crippen LogP contribution in [-0.2, 0) is 25.6 Å². The zero-order chi connectivity index (χ0) is 29.3. The maximum Gasteiger partial charge on any atom is 0.235 e. The van der Waals surface area contributed by atoms with E-state index >= 15 is 0 Å². The number of hydrogen-bond acceptors (Lipinski definition) is 9. The molecule has 3 aliphatic carbocycles. The molecule has 0 radical (unpaired) electrons. The van der Waals surface area contributed by atoms with Gasteiger partial charge < -0.3 is 15.9 Å². The van der Waals surface area contributed by atoms with Crippen LogP contribution in [0, 0.1) is 23.7 Å². The van der Waals surface area contributed by atoms with Gasteiger partial charge in [-0.15, -0.1) is 0 Å². The van der Waals surface area contributed by atoms with Gasteiger partial charge in [-0.2, -0.15) is 0 Å². The second-order valence-electron chi connectivity index (χ2n) is 12.0. The van der Waals surface area contributed by atoms with E-state index in [9.17, 15) is 34.2 Å². The van der Waals surface area contributed by atoms with Crippen molar-refractivity contribution in [1.82, 2.24) is 9.80 Å². The van der Waals surface area contributed by atoms with Gasteiger partial charge in [0, 0.05) is 17.0 Å². The predicted octanol–water partition coefficient (Wildman–Crippen LogP) is 1.46. The third kappa shape index (κ3) is 4.06. The number of benzene rings is 1. The number of Topliss-reactive ketones (excluding diaryl/α,β-unsaturated/α-hetero) is 4. The molecule has 1 amide bonds. The second kappa shape index (κ2) is 10.3. The Balaban J connectivity index is 1.60. The number of ketones is 4. The van der Waals surface area contributed by atoms with Crippen molar-refractivity contribution in [2.45, 2.75) is 63.1 Å². The monoisotopic (exact) mass is 573 g/mol. The fourth-order valence-corrected chi connectivity index (χ4v) is 8.16. The van der Waals surface area contributed by atoms with Crippen LogP contribution in [0.1, 0.15) is 66.6 Å². The van der Waals surface area contributed by atoms with Crippen molar-refractivity contribution >= 4 is 40.6 Å². The number of hydrogen-bond donors (Lipinski definition) is 3. The van der Waals surface area contributed by atoms with E-state index in [0.717, 1.165) is 44.3 Å². The van der Waals surface area contributed by atoms with E-state index in [1.165, 1.54) is 11.0 Å². The number of primary amides is 1. The minimum Gasteiger partial charge on any atom is -0.507 e. The van der Waals surface area contributed by atoms with E-state index in [-0.39, 0.29) is 30.2 Å². The maximum atomic E-state index is 13.9. The van der Waals surface area contributed by atoms with Crippen LogP contribution in [-0.4, -0.2) is 87.9 Å². The highest BCUT2D eigenvalue weighted by molar-refractivity contribution is 6.35. The Morgan fingerprint density at radius 1 is 1.20 bits per heavy atom. The Bertz CT molecular complexity index is 1310. The van der Waals surface area contributed by atoms with Crippen molar-refractivity contribution in [2.75, 3.05) is 27.2 Å². The van der Waals surface area contributed by atoms with Crippen molar-refractivity contribution in [1.29, 1.82) is 0 Å². The van der Waals surface area contributed by atoms with Crippen LogP contribution in [0.5, 0.6) is 5.75 Å². The second-order valence-corrected chi connectivity index (χ2v) is 12.4. The minimum absolute atomic E-state index is 0.00337. The molecule has 3 fully saturated rings. The van der Waals surface area contributed by atoms with Crippen LogP contribution in [0.2, 0.25) is 5.02 Å². The molecule has 11 heteroatoms. The molecule has 7 atom stereocenters. The predicted molar refractivity (Wildman–Crippen MR) is 145 cm³/mol. The summed E-state index contributed by atoms with van der Waals surface area (Å²) in [4.78, 5) is 70.3. The van der Waals surface area contributed by atoms with Gasteiger partial charge in [-0.3, -0.25) is 33.8 Å². The lowest BCUT2D eigenvalue weighted by Gasteiger charge is -2.52. The van der Waals surface area contributed by atoms with E-state index in [0.29, 0.717) is 10.6 Å². The molecular weight excluding hydrogens is 538 g/mol. The topological polar surface area (TPSA) is 158 Å². The SMILES string of the molecule is CCCN1CCCCC1c1cc(O)c2c(c1Cl)CC1CC3C(N(C)C)C(=O)C(C(N)=O)C(=O)C3(O)C(=O)C1C2=O. The summed E-state index contributed by atoms with van der Waals surface area (Å²) in [6.45, 7) is 3.88. The molecule has 10 nitrogen and oxygen atoms in total. The van der Waals surface area contributed by atoms with Crippen LogP contribution < -0.4 is 5.73 Å². The normalized spacial score (nSPS) is 34.5. The number of amides is 1. The minimum atomic E-state index is -2.74. The van der Waals surface area contributed by atoms with Gasteiger partial charge in [-0.1, -0.05) is 24.9 Å². The zero-order valence-corrected chi connectivity index (χ0v) is 23.7. The number of nitrogens with two attached hydrogens (primary N) is 1. The Kier molecular flexibility index (Phi) is 7.44. The Morgan fingerprint density at radius 3 is 2.52 bits per heavy atom. The molecule has 1 aliphatic heterocycles. The molecule has 5 rings (SSSR count). The summed E-state index contributed by atoms with van der Waals surface area (Å²) in [5, 5.41) is 23.2. The molecular formula is C29H36ClN3O7. The summed E-state index contributed by atoms with van der Waals surface area (Å²) in [5.41, 5.74) is 3.75. The molecule has 1 aromatic rings. The standard InChI is InChI=1S/C29H36ClN3O7/c1-4-8-33-9-6-5-7-17(33)14-12-18(34)20-15(22(14)30)10-13-11-16-23(32(2)3)25(36)21(28(31)39)27(38)29(16,40)26(37)19(13)24(20)35/h12-13,16-17,19,21,23,34,40H,4-11H2,1-3H3,(H2,31,39). The molecule has 1 heterocycles. The first-order valence-electron chi connectivity index (χ1n) is 14.0. The highest BCUT2D eigenvalue weighted by atomic mass is 35.5. The number of aromatic hydroxyl groups is 1. The Morgan fingerprint density at radius 2 is 1.90 bits per heavy atom. The maximum absolute atomic E-state index is 13.9. The number of carbonyl (C=O) groups is 5. The van der Waals surface area contributed by atoms with Crippen LogP contribution in [0.15, 0.2) is 6.07 Å². The lowest BCUT2D eigenvalue weighted by atomic mass is 9.52. The van der Waals surface area contributed by atoms with Gasteiger partial charge in [0.05, 0.1) is 17.5 Å². The molecule has 40 heavy (non-hydrogen) atoms. The molecule has 0 bridgehead atoms. The largest absolute Gasteiger partial charge is 0.507 e. The van der Waals surface area contributed by atoms with Crippen LogP contribution in [0.4, 0.5) is 0 Å². The van der Waals surface area contributed by atoms with Gasteiger partial charge in [0.1, 0.15) is 5.75 Å². The van der Waals surface area contributed by atoms with Crippen molar-refractivity contribution in [2.24, 2.45) is 29.4 Å². The molecule has 0 aromatic heterocycles. The summed E-state index contributed by atoms with van der Waals surface area (Å²) in [6.07, 6.45) is 4.06. The number of aliphatic hydroxyl groups is 1. The molecule has 7 unspecified atom stereocenters. The fraction of sp³-hybridized carbons (Fsp3) is 0.621. The lowest BCUT2D eigenvalue weighted by Crippen LogP contribution is -2.74. The van der Waals surface area contributed by atoms with Gasteiger partial charge >= 0.3 is 0 Å². The number of piperidine rings is 1. The highest BCUT2D eigenvalue weighted by Gasteiger charge is 2.69. The summed E-state index contributed by atoms with van der Waals surface area (Å²) in [7, 11) is 3.12. The number of likely N-dealkylation sites (N-methyl/N-ethyl adjacent to an activating group) is 1. The molecule has 1 aromatic carbocycles. The quantitative estimate of drug-likeness (QED) is 0.443. The molecule has 2 saturated carbocycles. The number of carbonyl (C=O) groups excluding carboxylic acids is 5. The fourth-order valence-electron chi connectivity index (χ4n) is 7.81. The van der Waals surface area contributed by atoms with E-state index in [1.807, 2.05) is 0 Å². The first-order chi connectivity index (χ1) is 18.9. The van der Waals surface area contributed by atoms with E-state index in [2.05, 4.69) is 11.8 Å². The average Bonchev–Trinajstić information content (AvgIpc) is 2.88. The summed E-state index contributed by atoms with van der Waals surface area (Å²) < 4.78 is 0. The van der Waals surface area contributed by atoms with Gasteiger partial charge in [0.15, 0.2) is 34.7 Å². The van der Waals surface area contributed by atoms with E-state index in [4.69, 9.17) is 17.3 Å². The summed E-state index contributed by atoms with van der Waals surface area (Å²) in [6, 6.07) is 0.362. The first kappa shape index (κ1) is 28.9. The Hall–Kier alpha value is -2.66. The lowest BCUT2D eigenvalue weighted by molar-refractivity contribution is -0.181. The number of nitrogens with zero attached hydrogens (tertiary/aromatic N) is 2. The molecule has 1 saturated heterocycles. The molecule has 0 spiro atoms. The van der Waals surface area contributed by atoms with Gasteiger partial charge in [-0.25, -0.2) is 0 Å². The third-order valence-corrected chi connectivity index (χ3v) is 9.95. The van der Waals surface area contributed by atoms with E-state index < -0.39 is 64.4 Å². The molecule has 4 aliphatic rings. The first-order valence-corrected chi connectivity index (χ1v) is 14.4. The average molecular weight is 574 g/mol. The van der Waals surface area contributed by atoms with Gasteiger partial charge in [0.25, 0.3) is 0 Å². The van der Waals surface area contributed by atoms with Crippen molar-refractivity contribution in [3.8, 4) is 5.75 Å². The smallest absolute Gasteiger partial charge is 0.235 e. The number of phenolic OH excluding ortho intramolecular Hbond substituents is 1. The zero-order valence-electron chi connectivity index (χ0n) is 23.0. The highest BCUT2D eigenvalue weighted by Crippen LogP contribution is 2.52. The number of rotatable bonds is 5. The van der Waals surface area contributed by atoms with E-state index in [1.54, 1.807) is 14.1 Å². The number of likely N-dealkylation sites (tertiary alicyclic amines) is 1. The van der Waals surface area contributed by atoms with Gasteiger partial charge in [-0.05, 0) is 82.4 Å². The Labute approximate surface area is 237 Å². The van der Waals surface area contributed by atoms with Crippen LogP contribution in [0.25, 0.3) is 0 Å².